The van der Waals surface area contributed by atoms with E-state index in [0.29, 0.717) is 0 Å². The summed E-state index contributed by atoms with van der Waals surface area (Å²) >= 11 is 5.62. The normalized spacial score (nSPS) is 10.3. The first-order chi connectivity index (χ1) is 5.63. The third-order valence-corrected chi connectivity index (χ3v) is 1.70. The Labute approximate surface area is 74.2 Å². The average Bonchev–Trinajstić information content (AvgIpc) is 2.04. The molecule has 64 valence electrons. The van der Waals surface area contributed by atoms with E-state index in [0.717, 1.165) is 0 Å². The van der Waals surface area contributed by atoms with E-state index in [4.69, 9.17) is 21.8 Å². The Morgan fingerprint density at radius 3 is 2.42 bits per heavy atom. The zero-order valence-electron chi connectivity index (χ0n) is 6.07. The first-order valence-electron chi connectivity index (χ1n) is 3.28. The van der Waals surface area contributed by atoms with Crippen molar-refractivity contribution >= 4 is 17.4 Å². The van der Waals surface area contributed by atoms with Crippen LogP contribution in [-0.2, 0) is 0 Å². The summed E-state index contributed by atoms with van der Waals surface area (Å²) in [7, 11) is 0. The molecule has 1 aromatic carbocycles. The fourth-order valence-electron chi connectivity index (χ4n) is 0.800. The van der Waals surface area contributed by atoms with Crippen molar-refractivity contribution in [1.82, 2.24) is 0 Å². The summed E-state index contributed by atoms with van der Waals surface area (Å²) in [5.41, 5.74) is 0.120. The van der Waals surface area contributed by atoms with Crippen molar-refractivity contribution in [2.24, 2.45) is 0 Å². The molecule has 0 heterocycles. The smallest absolute Gasteiger partial charge is 0.219 e. The molecule has 3 nitrogen and oxygen atoms in total. The summed E-state index contributed by atoms with van der Waals surface area (Å²) in [6.45, 7) is 0. The quantitative estimate of drug-likeness (QED) is 0.532. The summed E-state index contributed by atoms with van der Waals surface area (Å²) in [4.78, 5) is 11.0. The molecular formula is C8H7ClO3. The van der Waals surface area contributed by atoms with Crippen molar-refractivity contribution in [3.8, 4) is 0 Å². The fourth-order valence-corrected chi connectivity index (χ4v) is 1.03. The van der Waals surface area contributed by atoms with Gasteiger partial charge in [0.2, 0.25) is 12.1 Å². The maximum absolute atomic E-state index is 11.0. The van der Waals surface area contributed by atoms with E-state index in [-0.39, 0.29) is 10.6 Å². The van der Waals surface area contributed by atoms with Gasteiger partial charge in [-0.1, -0.05) is 23.7 Å². The lowest BCUT2D eigenvalue weighted by molar-refractivity contribution is -0.0195. The summed E-state index contributed by atoms with van der Waals surface area (Å²) < 4.78 is 0. The van der Waals surface area contributed by atoms with Crippen LogP contribution >= 0.6 is 11.6 Å². The summed E-state index contributed by atoms with van der Waals surface area (Å²) in [6.07, 6.45) is -2.00. The minimum absolute atomic E-state index is 0.120. The number of rotatable bonds is 2. The molecule has 0 spiro atoms. The molecule has 0 aliphatic heterocycles. The second kappa shape index (κ2) is 3.67. The van der Waals surface area contributed by atoms with Gasteiger partial charge in [-0.25, -0.2) is 0 Å². The van der Waals surface area contributed by atoms with Gasteiger partial charge in [-0.15, -0.1) is 0 Å². The Hall–Kier alpha value is -0.900. The number of hydrogen-bond donors (Lipinski definition) is 2. The van der Waals surface area contributed by atoms with Crippen molar-refractivity contribution in [1.29, 1.82) is 0 Å². The monoisotopic (exact) mass is 186 g/mol. The predicted octanol–water partition coefficient (Wildman–Crippen LogP) is 0.833. The van der Waals surface area contributed by atoms with Gasteiger partial charge < -0.3 is 10.2 Å². The predicted molar refractivity (Wildman–Crippen MR) is 44.0 cm³/mol. The van der Waals surface area contributed by atoms with E-state index in [1.807, 2.05) is 0 Å². The Kier molecular flexibility index (Phi) is 2.81. The van der Waals surface area contributed by atoms with Crippen LogP contribution in [0.15, 0.2) is 24.3 Å². The number of halogens is 1. The van der Waals surface area contributed by atoms with Crippen molar-refractivity contribution in [3.05, 3.63) is 34.9 Å². The number of carbonyl (C=O) groups is 1. The van der Waals surface area contributed by atoms with Gasteiger partial charge in [0, 0.05) is 5.56 Å². The molecule has 2 N–H and O–H groups in total. The molecule has 0 aliphatic carbocycles. The molecular weight excluding hydrogens is 180 g/mol. The Morgan fingerprint density at radius 2 is 1.92 bits per heavy atom. The number of benzene rings is 1. The highest BCUT2D eigenvalue weighted by Gasteiger charge is 2.15. The Bertz CT molecular complexity index is 296. The second-order valence-electron chi connectivity index (χ2n) is 2.22. The van der Waals surface area contributed by atoms with Crippen molar-refractivity contribution in [3.63, 3.8) is 0 Å². The van der Waals surface area contributed by atoms with Crippen molar-refractivity contribution in [2.75, 3.05) is 0 Å². The number of carbonyl (C=O) groups excluding carboxylic acids is 1. The largest absolute Gasteiger partial charge is 0.362 e. The van der Waals surface area contributed by atoms with Crippen LogP contribution in [0.3, 0.4) is 0 Å². The first kappa shape index (κ1) is 9.19. The van der Waals surface area contributed by atoms with Gasteiger partial charge in [0.25, 0.3) is 0 Å². The van der Waals surface area contributed by atoms with Crippen molar-refractivity contribution in [2.45, 2.75) is 6.29 Å². The zero-order chi connectivity index (χ0) is 9.14. The van der Waals surface area contributed by atoms with Gasteiger partial charge in [0.1, 0.15) is 0 Å². The Balaban J connectivity index is 3.03. The minimum atomic E-state index is -2.00. The average molecular weight is 187 g/mol. The third kappa shape index (κ3) is 1.82. The van der Waals surface area contributed by atoms with Crippen LogP contribution < -0.4 is 0 Å². The van der Waals surface area contributed by atoms with Crippen LogP contribution in [0.1, 0.15) is 10.4 Å². The molecule has 12 heavy (non-hydrogen) atoms. The molecule has 0 aliphatic rings. The summed E-state index contributed by atoms with van der Waals surface area (Å²) in [5.74, 6) is -0.791. The number of aliphatic hydroxyl groups is 2. The molecule has 0 saturated heterocycles. The molecule has 1 rings (SSSR count). The van der Waals surface area contributed by atoms with E-state index < -0.39 is 12.1 Å². The maximum atomic E-state index is 11.0. The van der Waals surface area contributed by atoms with Crippen LogP contribution in [0, 0.1) is 0 Å². The molecule has 0 saturated carbocycles. The lowest BCUT2D eigenvalue weighted by atomic mass is 10.1. The molecule has 1 aromatic rings. The molecule has 0 fully saturated rings. The molecule has 0 atom stereocenters. The molecule has 4 heteroatoms. The fraction of sp³-hybridized carbons (Fsp3) is 0.125. The van der Waals surface area contributed by atoms with E-state index in [1.165, 1.54) is 12.1 Å². The van der Waals surface area contributed by atoms with Gasteiger partial charge in [0.15, 0.2) is 0 Å². The topological polar surface area (TPSA) is 57.5 Å². The highest BCUT2D eigenvalue weighted by Crippen LogP contribution is 2.15. The van der Waals surface area contributed by atoms with Gasteiger partial charge in [0.05, 0.1) is 5.02 Å². The number of hydrogen-bond acceptors (Lipinski definition) is 3. The SMILES string of the molecule is O=C(c1ccccc1Cl)C(O)O. The summed E-state index contributed by atoms with van der Waals surface area (Å²) in [6, 6.07) is 6.20. The summed E-state index contributed by atoms with van der Waals surface area (Å²) in [5, 5.41) is 17.3. The van der Waals surface area contributed by atoms with E-state index in [9.17, 15) is 4.79 Å². The van der Waals surface area contributed by atoms with Crippen LogP contribution in [0.4, 0.5) is 0 Å². The standard InChI is InChI=1S/C8H7ClO3/c9-6-4-2-1-3-5(6)7(10)8(11)12/h1-4,8,11-12H. The molecule has 0 unspecified atom stereocenters. The van der Waals surface area contributed by atoms with Gasteiger partial charge in [-0.3, -0.25) is 4.79 Å². The molecule has 0 radical (unpaired) electrons. The number of aliphatic hydroxyl groups excluding tert-OH is 1. The van der Waals surface area contributed by atoms with Gasteiger partial charge in [-0.05, 0) is 12.1 Å². The van der Waals surface area contributed by atoms with E-state index in [1.54, 1.807) is 12.1 Å². The van der Waals surface area contributed by atoms with Gasteiger partial charge >= 0.3 is 0 Å². The first-order valence-corrected chi connectivity index (χ1v) is 3.65. The van der Waals surface area contributed by atoms with Gasteiger partial charge in [-0.2, -0.15) is 0 Å². The third-order valence-electron chi connectivity index (χ3n) is 1.37. The van der Waals surface area contributed by atoms with E-state index >= 15 is 0 Å². The minimum Gasteiger partial charge on any atom is -0.362 e. The van der Waals surface area contributed by atoms with Crippen molar-refractivity contribution < 1.29 is 15.0 Å². The molecule has 0 aromatic heterocycles. The highest BCUT2D eigenvalue weighted by atomic mass is 35.5. The van der Waals surface area contributed by atoms with Crippen LogP contribution in [0.2, 0.25) is 5.02 Å². The second-order valence-corrected chi connectivity index (χ2v) is 2.62. The molecule has 0 amide bonds. The number of Topliss-reactive ketones (excluding diaryl/α,β-unsaturated/α-hetero) is 1. The number of ketones is 1. The Morgan fingerprint density at radius 1 is 1.33 bits per heavy atom. The highest BCUT2D eigenvalue weighted by molar-refractivity contribution is 6.34. The van der Waals surface area contributed by atoms with Crippen LogP contribution in [-0.4, -0.2) is 22.3 Å². The molecule has 0 bridgehead atoms. The lowest BCUT2D eigenvalue weighted by Gasteiger charge is -2.03. The zero-order valence-corrected chi connectivity index (χ0v) is 6.82. The van der Waals surface area contributed by atoms with E-state index in [2.05, 4.69) is 0 Å². The van der Waals surface area contributed by atoms with Crippen LogP contribution in [0.25, 0.3) is 0 Å². The van der Waals surface area contributed by atoms with Crippen LogP contribution in [0.5, 0.6) is 0 Å². The lowest BCUT2D eigenvalue weighted by Crippen LogP contribution is -2.19. The maximum Gasteiger partial charge on any atom is 0.219 e.